The van der Waals surface area contributed by atoms with Gasteiger partial charge in [-0.25, -0.2) is 4.85 Å². The van der Waals surface area contributed by atoms with Crippen LogP contribution in [-0.4, -0.2) is 34.2 Å². The lowest BCUT2D eigenvalue weighted by molar-refractivity contribution is -0.124. The van der Waals surface area contributed by atoms with Crippen molar-refractivity contribution in [2.45, 2.75) is 26.0 Å². The predicted octanol–water partition coefficient (Wildman–Crippen LogP) is 3.18. The molecule has 0 unspecified atom stereocenters. The van der Waals surface area contributed by atoms with Gasteiger partial charge in [0.15, 0.2) is 0 Å². The first-order valence-electron chi connectivity index (χ1n) is 8.35. The number of rotatable bonds is 5. The lowest BCUT2D eigenvalue weighted by Crippen LogP contribution is -2.52. The van der Waals surface area contributed by atoms with Crippen molar-refractivity contribution < 1.29 is 19.8 Å². The van der Waals surface area contributed by atoms with Gasteiger partial charge in [-0.05, 0) is 43.7 Å². The van der Waals surface area contributed by atoms with Crippen LogP contribution >= 0.6 is 23.2 Å². The topological polar surface area (TPSA) is 115 Å². The van der Waals surface area contributed by atoms with E-state index in [2.05, 4.69) is 21.0 Å². The van der Waals surface area contributed by atoms with E-state index in [-0.39, 0.29) is 27.0 Å². The van der Waals surface area contributed by atoms with E-state index < -0.39 is 24.0 Å². The van der Waals surface area contributed by atoms with Gasteiger partial charge in [0.25, 0.3) is 11.8 Å². The summed E-state index contributed by atoms with van der Waals surface area (Å²) in [6, 6.07) is 5.78. The standard InChI is InChI=1S/C19H18Cl2N4O4/c1-9-13(5-6-14(22-3)16(9)21)23-17(10(2)26)19(29)25-24-18(28)11-4-7-15(27)12(20)8-11/h4-8,10,17,23,26-27H,1-2H3,(H,24,28)(H,25,29)/t10-,17-/m1/s1. The highest BCUT2D eigenvalue weighted by Crippen LogP contribution is 2.33. The summed E-state index contributed by atoms with van der Waals surface area (Å²) in [7, 11) is 0. The highest BCUT2D eigenvalue weighted by Gasteiger charge is 2.25. The monoisotopic (exact) mass is 436 g/mol. The van der Waals surface area contributed by atoms with Crippen LogP contribution in [0.5, 0.6) is 5.75 Å². The molecule has 0 fully saturated rings. The van der Waals surface area contributed by atoms with Crippen molar-refractivity contribution in [2.24, 2.45) is 0 Å². The van der Waals surface area contributed by atoms with Crippen LogP contribution in [0.25, 0.3) is 4.85 Å². The molecule has 0 aliphatic rings. The number of aliphatic hydroxyl groups excluding tert-OH is 1. The van der Waals surface area contributed by atoms with Crippen LogP contribution in [0.3, 0.4) is 0 Å². The van der Waals surface area contributed by atoms with Crippen molar-refractivity contribution in [3.05, 3.63) is 62.9 Å². The Hall–Kier alpha value is -2.99. The van der Waals surface area contributed by atoms with E-state index in [0.717, 1.165) is 0 Å². The Morgan fingerprint density at radius 2 is 1.86 bits per heavy atom. The lowest BCUT2D eigenvalue weighted by atomic mass is 10.1. The fourth-order valence-electron chi connectivity index (χ4n) is 2.40. The molecular weight excluding hydrogens is 419 g/mol. The highest BCUT2D eigenvalue weighted by molar-refractivity contribution is 6.34. The van der Waals surface area contributed by atoms with Gasteiger partial charge in [0, 0.05) is 11.3 Å². The summed E-state index contributed by atoms with van der Waals surface area (Å²) in [4.78, 5) is 27.9. The molecule has 29 heavy (non-hydrogen) atoms. The van der Waals surface area contributed by atoms with Crippen LogP contribution in [-0.2, 0) is 4.79 Å². The molecule has 0 saturated carbocycles. The van der Waals surface area contributed by atoms with Gasteiger partial charge in [-0.2, -0.15) is 0 Å². The van der Waals surface area contributed by atoms with Crippen LogP contribution < -0.4 is 16.2 Å². The smallest absolute Gasteiger partial charge is 0.269 e. The zero-order chi connectivity index (χ0) is 21.7. The fraction of sp³-hybridized carbons (Fsp3) is 0.211. The Kier molecular flexibility index (Phi) is 7.29. The molecule has 0 saturated heterocycles. The van der Waals surface area contributed by atoms with E-state index in [1.54, 1.807) is 13.0 Å². The summed E-state index contributed by atoms with van der Waals surface area (Å²) >= 11 is 11.9. The van der Waals surface area contributed by atoms with Crippen molar-refractivity contribution in [3.8, 4) is 5.75 Å². The minimum Gasteiger partial charge on any atom is -0.506 e. The molecule has 2 aromatic rings. The number of phenolic OH excluding ortho intramolecular Hbond substituents is 1. The molecule has 0 aromatic heterocycles. The Morgan fingerprint density at radius 1 is 1.17 bits per heavy atom. The van der Waals surface area contributed by atoms with E-state index in [0.29, 0.717) is 11.3 Å². The van der Waals surface area contributed by atoms with Gasteiger partial charge < -0.3 is 15.5 Å². The molecule has 2 rings (SSSR count). The second-order valence-electron chi connectivity index (χ2n) is 6.16. The maximum absolute atomic E-state index is 12.5. The third kappa shape index (κ3) is 5.29. The number of carbonyl (C=O) groups is 2. The van der Waals surface area contributed by atoms with Crippen LogP contribution in [0.15, 0.2) is 30.3 Å². The van der Waals surface area contributed by atoms with E-state index in [1.807, 2.05) is 0 Å². The first-order chi connectivity index (χ1) is 13.6. The number of aliphatic hydroxyl groups is 1. The second-order valence-corrected chi connectivity index (χ2v) is 6.94. The maximum Gasteiger partial charge on any atom is 0.269 e. The number of hydrogen-bond acceptors (Lipinski definition) is 5. The van der Waals surface area contributed by atoms with Crippen molar-refractivity contribution in [3.63, 3.8) is 0 Å². The number of halogens is 2. The van der Waals surface area contributed by atoms with Crippen LogP contribution in [0, 0.1) is 13.5 Å². The summed E-state index contributed by atoms with van der Waals surface area (Å²) in [5.74, 6) is -1.54. The van der Waals surface area contributed by atoms with E-state index >= 15 is 0 Å². The second kappa shape index (κ2) is 9.47. The summed E-state index contributed by atoms with van der Waals surface area (Å²) in [5.41, 5.74) is 5.83. The number of hydrazine groups is 1. The number of hydrogen-bond donors (Lipinski definition) is 5. The fourth-order valence-corrected chi connectivity index (χ4v) is 2.79. The Balaban J connectivity index is 2.10. The van der Waals surface area contributed by atoms with Crippen molar-refractivity contribution in [1.29, 1.82) is 0 Å². The van der Waals surface area contributed by atoms with Crippen LogP contribution in [0.1, 0.15) is 22.8 Å². The molecule has 2 amide bonds. The molecule has 0 aliphatic carbocycles. The minimum atomic E-state index is -1.12. The van der Waals surface area contributed by atoms with Gasteiger partial charge in [-0.1, -0.05) is 29.3 Å². The molecule has 2 atom stereocenters. The number of nitrogens with one attached hydrogen (secondary N) is 3. The molecule has 0 radical (unpaired) electrons. The number of phenols is 1. The molecule has 0 spiro atoms. The number of carbonyl (C=O) groups excluding carboxylic acids is 2. The number of amides is 2. The van der Waals surface area contributed by atoms with Crippen LogP contribution in [0.4, 0.5) is 11.4 Å². The number of anilines is 1. The SMILES string of the molecule is [C-]#[N+]c1ccc(N[C@@H](C(=O)NNC(=O)c2ccc(O)c(Cl)c2)[C@@H](C)O)c(C)c1Cl. The third-order valence-corrected chi connectivity index (χ3v) is 4.85. The van der Waals surface area contributed by atoms with Gasteiger partial charge in [0.2, 0.25) is 5.69 Å². The summed E-state index contributed by atoms with van der Waals surface area (Å²) in [5, 5.41) is 22.5. The van der Waals surface area contributed by atoms with Gasteiger partial charge in [-0.3, -0.25) is 20.4 Å². The number of aromatic hydroxyl groups is 1. The summed E-state index contributed by atoms with van der Waals surface area (Å²) in [6.45, 7) is 10.2. The number of benzene rings is 2. The van der Waals surface area contributed by atoms with Gasteiger partial charge >= 0.3 is 0 Å². The van der Waals surface area contributed by atoms with Crippen molar-refractivity contribution >= 4 is 46.4 Å². The predicted molar refractivity (Wildman–Crippen MR) is 110 cm³/mol. The Labute approximate surface area is 177 Å². The first kappa shape index (κ1) is 22.3. The van der Waals surface area contributed by atoms with Crippen molar-refractivity contribution in [2.75, 3.05) is 5.32 Å². The van der Waals surface area contributed by atoms with Crippen molar-refractivity contribution in [1.82, 2.24) is 10.9 Å². The number of nitrogens with zero attached hydrogens (tertiary/aromatic N) is 1. The average molecular weight is 437 g/mol. The molecule has 0 bridgehead atoms. The van der Waals surface area contributed by atoms with E-state index in [1.165, 1.54) is 31.2 Å². The van der Waals surface area contributed by atoms with E-state index in [9.17, 15) is 19.8 Å². The zero-order valence-electron chi connectivity index (χ0n) is 15.5. The normalized spacial score (nSPS) is 12.4. The largest absolute Gasteiger partial charge is 0.506 e. The molecule has 8 nitrogen and oxygen atoms in total. The summed E-state index contributed by atoms with van der Waals surface area (Å²) < 4.78 is 0. The molecule has 2 aromatic carbocycles. The zero-order valence-corrected chi connectivity index (χ0v) is 17.0. The van der Waals surface area contributed by atoms with E-state index in [4.69, 9.17) is 29.8 Å². The molecule has 0 aliphatic heterocycles. The lowest BCUT2D eigenvalue weighted by Gasteiger charge is -2.23. The molecule has 5 N–H and O–H groups in total. The quantitative estimate of drug-likeness (QED) is 0.364. The van der Waals surface area contributed by atoms with Gasteiger partial charge in [0.1, 0.15) is 11.8 Å². The Morgan fingerprint density at radius 3 is 2.45 bits per heavy atom. The summed E-state index contributed by atoms with van der Waals surface area (Å²) in [6.07, 6.45) is -1.12. The molecule has 0 heterocycles. The highest BCUT2D eigenvalue weighted by atomic mass is 35.5. The third-order valence-electron chi connectivity index (χ3n) is 4.07. The Bertz CT molecular complexity index is 989. The first-order valence-corrected chi connectivity index (χ1v) is 9.11. The van der Waals surface area contributed by atoms with Gasteiger partial charge in [-0.15, -0.1) is 0 Å². The van der Waals surface area contributed by atoms with Crippen LogP contribution in [0.2, 0.25) is 10.0 Å². The van der Waals surface area contributed by atoms with Gasteiger partial charge in [0.05, 0.1) is 22.7 Å². The molecular formula is C19H18Cl2N4O4. The maximum atomic E-state index is 12.5. The molecule has 152 valence electrons. The minimum absolute atomic E-state index is 0.0114. The molecule has 10 heteroatoms. The average Bonchev–Trinajstić information content (AvgIpc) is 2.68.